The Kier molecular flexibility index (Phi) is 3.26. The molecule has 0 aliphatic carbocycles. The van der Waals surface area contributed by atoms with E-state index in [9.17, 15) is 4.79 Å². The number of nitrogens with zero attached hydrogens (tertiary/aromatic N) is 1. The molecule has 2 heterocycles. The highest BCUT2D eigenvalue weighted by molar-refractivity contribution is 5.75. The Bertz CT molecular complexity index is 245. The molecule has 1 N–H and O–H groups in total. The summed E-state index contributed by atoms with van der Waals surface area (Å²) >= 11 is 0. The van der Waals surface area contributed by atoms with E-state index in [1.165, 1.54) is 33.0 Å². The van der Waals surface area contributed by atoms with Crippen molar-refractivity contribution in [3.05, 3.63) is 0 Å². The van der Waals surface area contributed by atoms with Crippen LogP contribution in [0.1, 0.15) is 26.2 Å². The third-order valence-corrected chi connectivity index (χ3v) is 3.62. The first-order valence-corrected chi connectivity index (χ1v) is 5.80. The van der Waals surface area contributed by atoms with Crippen molar-refractivity contribution in [3.63, 3.8) is 0 Å². The van der Waals surface area contributed by atoms with Crippen LogP contribution >= 0.6 is 0 Å². The number of rotatable bonds is 3. The summed E-state index contributed by atoms with van der Waals surface area (Å²) in [6.07, 6.45) is 3.73. The van der Waals surface area contributed by atoms with Gasteiger partial charge in [0.2, 0.25) is 0 Å². The number of ether oxygens (including phenoxy) is 1. The van der Waals surface area contributed by atoms with Crippen molar-refractivity contribution in [1.29, 1.82) is 0 Å². The lowest BCUT2D eigenvalue weighted by molar-refractivity contribution is -0.142. The van der Waals surface area contributed by atoms with Crippen molar-refractivity contribution >= 4 is 5.97 Å². The predicted molar refractivity (Wildman–Crippen MR) is 57.6 cm³/mol. The molecule has 4 nitrogen and oxygen atoms in total. The van der Waals surface area contributed by atoms with Crippen LogP contribution < -0.4 is 5.32 Å². The number of carbonyl (C=O) groups excluding carboxylic acids is 1. The van der Waals surface area contributed by atoms with Crippen LogP contribution in [-0.2, 0) is 9.53 Å². The SMILES string of the molecule is COC(=O)[C@H](C)NC1CCN2CCCC12. The molecule has 0 bridgehead atoms. The minimum atomic E-state index is -0.180. The van der Waals surface area contributed by atoms with Crippen LogP contribution in [-0.4, -0.2) is 49.2 Å². The summed E-state index contributed by atoms with van der Waals surface area (Å²) in [4.78, 5) is 13.8. The lowest BCUT2D eigenvalue weighted by Gasteiger charge is -2.23. The van der Waals surface area contributed by atoms with Gasteiger partial charge in [-0.2, -0.15) is 0 Å². The third kappa shape index (κ3) is 2.16. The van der Waals surface area contributed by atoms with Gasteiger partial charge in [0.05, 0.1) is 7.11 Å². The molecule has 2 fully saturated rings. The Labute approximate surface area is 91.0 Å². The van der Waals surface area contributed by atoms with Gasteiger partial charge >= 0.3 is 5.97 Å². The van der Waals surface area contributed by atoms with E-state index in [4.69, 9.17) is 4.74 Å². The molecule has 4 heteroatoms. The Hall–Kier alpha value is -0.610. The number of methoxy groups -OCH3 is 1. The topological polar surface area (TPSA) is 41.6 Å². The maximum atomic E-state index is 11.3. The van der Waals surface area contributed by atoms with E-state index >= 15 is 0 Å². The molecule has 2 aliphatic rings. The van der Waals surface area contributed by atoms with Gasteiger partial charge in [0.25, 0.3) is 0 Å². The summed E-state index contributed by atoms with van der Waals surface area (Å²) in [5, 5.41) is 3.38. The Balaban J connectivity index is 1.87. The molecule has 0 amide bonds. The van der Waals surface area contributed by atoms with Gasteiger partial charge in [-0.25, -0.2) is 0 Å². The molecule has 0 aromatic heterocycles. The summed E-state index contributed by atoms with van der Waals surface area (Å²) in [6.45, 7) is 4.29. The Morgan fingerprint density at radius 1 is 1.47 bits per heavy atom. The van der Waals surface area contributed by atoms with Crippen LogP contribution in [0.3, 0.4) is 0 Å². The number of hydrogen-bond acceptors (Lipinski definition) is 4. The quantitative estimate of drug-likeness (QED) is 0.686. The molecule has 2 saturated heterocycles. The molecule has 2 aliphatic heterocycles. The predicted octanol–water partition coefficient (Wildman–Crippen LogP) is 0.374. The zero-order chi connectivity index (χ0) is 10.8. The second kappa shape index (κ2) is 4.49. The molecular weight excluding hydrogens is 192 g/mol. The molecule has 15 heavy (non-hydrogen) atoms. The molecule has 0 aromatic rings. The van der Waals surface area contributed by atoms with Crippen LogP contribution in [0.4, 0.5) is 0 Å². The van der Waals surface area contributed by atoms with Crippen LogP contribution in [0.2, 0.25) is 0 Å². The molecular formula is C11H20N2O2. The standard InChI is InChI=1S/C11H20N2O2/c1-8(11(14)15-2)12-9-5-7-13-6-3-4-10(9)13/h8-10,12H,3-7H2,1-2H3/t8-,9?,10?/m0/s1. The van der Waals surface area contributed by atoms with Gasteiger partial charge in [0.15, 0.2) is 0 Å². The summed E-state index contributed by atoms with van der Waals surface area (Å²) in [5.41, 5.74) is 0. The van der Waals surface area contributed by atoms with Gasteiger partial charge in [0, 0.05) is 18.6 Å². The lowest BCUT2D eigenvalue weighted by Crippen LogP contribution is -2.46. The zero-order valence-electron chi connectivity index (χ0n) is 9.53. The average Bonchev–Trinajstić information content (AvgIpc) is 2.81. The van der Waals surface area contributed by atoms with Gasteiger partial charge in [-0.05, 0) is 32.7 Å². The summed E-state index contributed by atoms with van der Waals surface area (Å²) in [7, 11) is 1.44. The minimum Gasteiger partial charge on any atom is -0.468 e. The van der Waals surface area contributed by atoms with Crippen molar-refractivity contribution in [2.45, 2.75) is 44.3 Å². The van der Waals surface area contributed by atoms with Gasteiger partial charge in [-0.1, -0.05) is 0 Å². The molecule has 2 rings (SSSR count). The third-order valence-electron chi connectivity index (χ3n) is 3.62. The Morgan fingerprint density at radius 3 is 3.00 bits per heavy atom. The van der Waals surface area contributed by atoms with Crippen molar-refractivity contribution in [2.24, 2.45) is 0 Å². The number of esters is 1. The second-order valence-corrected chi connectivity index (χ2v) is 4.55. The molecule has 0 spiro atoms. The fraction of sp³-hybridized carbons (Fsp3) is 0.909. The number of carbonyl (C=O) groups is 1. The molecule has 86 valence electrons. The molecule has 0 aromatic carbocycles. The van der Waals surface area contributed by atoms with E-state index < -0.39 is 0 Å². The van der Waals surface area contributed by atoms with Crippen molar-refractivity contribution in [3.8, 4) is 0 Å². The van der Waals surface area contributed by atoms with Crippen LogP contribution in [0, 0.1) is 0 Å². The van der Waals surface area contributed by atoms with Crippen LogP contribution in [0.15, 0.2) is 0 Å². The fourth-order valence-electron chi connectivity index (χ4n) is 2.84. The first kappa shape index (κ1) is 10.9. The van der Waals surface area contributed by atoms with Gasteiger partial charge < -0.3 is 10.1 Å². The first-order chi connectivity index (χ1) is 7.22. The van der Waals surface area contributed by atoms with Crippen LogP contribution in [0.25, 0.3) is 0 Å². The van der Waals surface area contributed by atoms with Gasteiger partial charge in [-0.15, -0.1) is 0 Å². The number of fused-ring (bicyclic) bond motifs is 1. The number of hydrogen-bond donors (Lipinski definition) is 1. The van der Waals surface area contributed by atoms with E-state index in [1.807, 2.05) is 6.92 Å². The maximum Gasteiger partial charge on any atom is 0.322 e. The normalized spacial score (nSPS) is 32.7. The highest BCUT2D eigenvalue weighted by atomic mass is 16.5. The Morgan fingerprint density at radius 2 is 2.27 bits per heavy atom. The largest absolute Gasteiger partial charge is 0.468 e. The van der Waals surface area contributed by atoms with Crippen molar-refractivity contribution < 1.29 is 9.53 Å². The first-order valence-electron chi connectivity index (χ1n) is 5.80. The van der Waals surface area contributed by atoms with E-state index in [0.29, 0.717) is 12.1 Å². The van der Waals surface area contributed by atoms with E-state index in [-0.39, 0.29) is 12.0 Å². The van der Waals surface area contributed by atoms with E-state index in [1.54, 1.807) is 0 Å². The minimum absolute atomic E-state index is 0.161. The highest BCUT2D eigenvalue weighted by Crippen LogP contribution is 2.28. The summed E-state index contributed by atoms with van der Waals surface area (Å²) < 4.78 is 4.72. The molecule has 2 unspecified atom stereocenters. The second-order valence-electron chi connectivity index (χ2n) is 4.55. The van der Waals surface area contributed by atoms with Crippen molar-refractivity contribution in [1.82, 2.24) is 10.2 Å². The van der Waals surface area contributed by atoms with Gasteiger partial charge in [0.1, 0.15) is 6.04 Å². The summed E-state index contributed by atoms with van der Waals surface area (Å²) in [6, 6.07) is 0.944. The zero-order valence-corrected chi connectivity index (χ0v) is 9.53. The molecule has 3 atom stereocenters. The van der Waals surface area contributed by atoms with Crippen molar-refractivity contribution in [2.75, 3.05) is 20.2 Å². The number of nitrogens with one attached hydrogen (secondary N) is 1. The molecule has 0 saturated carbocycles. The summed E-state index contributed by atoms with van der Waals surface area (Å²) in [5.74, 6) is -0.161. The average molecular weight is 212 g/mol. The monoisotopic (exact) mass is 212 g/mol. The van der Waals surface area contributed by atoms with Gasteiger partial charge in [-0.3, -0.25) is 9.69 Å². The fourth-order valence-corrected chi connectivity index (χ4v) is 2.84. The van der Waals surface area contributed by atoms with E-state index in [2.05, 4.69) is 10.2 Å². The lowest BCUT2D eigenvalue weighted by atomic mass is 10.1. The van der Waals surface area contributed by atoms with Crippen LogP contribution in [0.5, 0.6) is 0 Å². The smallest absolute Gasteiger partial charge is 0.322 e. The van der Waals surface area contributed by atoms with E-state index in [0.717, 1.165) is 6.42 Å². The maximum absolute atomic E-state index is 11.3. The highest BCUT2D eigenvalue weighted by Gasteiger charge is 2.38. The molecule has 0 radical (unpaired) electrons.